The normalized spacial score (nSPS) is 14.4. The second-order valence-corrected chi connectivity index (χ2v) is 10.2. The molecule has 1 atom stereocenters. The number of hydrogen-bond donors (Lipinski definition) is 1. The van der Waals surface area contributed by atoms with Crippen LogP contribution in [0.3, 0.4) is 0 Å². The number of carbonyl (C=O) groups is 3. The predicted octanol–water partition coefficient (Wildman–Crippen LogP) is 3.09. The van der Waals surface area contributed by atoms with E-state index in [0.717, 1.165) is 28.6 Å². The van der Waals surface area contributed by atoms with Gasteiger partial charge in [-0.3, -0.25) is 19.3 Å². The van der Waals surface area contributed by atoms with Crippen LogP contribution in [0.4, 0.5) is 13.8 Å². The van der Waals surface area contributed by atoms with Crippen LogP contribution < -0.4 is 14.8 Å². The molecule has 0 aliphatic carbocycles. The maximum atomic E-state index is 13.2. The van der Waals surface area contributed by atoms with Gasteiger partial charge < -0.3 is 14.8 Å². The van der Waals surface area contributed by atoms with Crippen LogP contribution in [-0.4, -0.2) is 56.3 Å². The number of imide groups is 1. The summed E-state index contributed by atoms with van der Waals surface area (Å²) in [5.74, 6) is -2.95. The summed E-state index contributed by atoms with van der Waals surface area (Å²) >= 11 is 1.00. The number of amides is 3. The summed E-state index contributed by atoms with van der Waals surface area (Å²) in [5, 5.41) is 4.07. The average Bonchev–Trinajstić information content (AvgIpc) is 3.20. The third kappa shape index (κ3) is 5.30. The number of alkyl halides is 2. The maximum absolute atomic E-state index is 13.2. The number of rotatable bonds is 9. The van der Waals surface area contributed by atoms with Gasteiger partial charge in [0, 0.05) is 18.6 Å². The highest BCUT2D eigenvalue weighted by molar-refractivity contribution is 7.90. The zero-order chi connectivity index (χ0) is 24.5. The lowest BCUT2D eigenvalue weighted by Crippen LogP contribution is -2.38. The second-order valence-electron chi connectivity index (χ2n) is 7.14. The van der Waals surface area contributed by atoms with Crippen LogP contribution in [0.15, 0.2) is 23.6 Å². The number of ether oxygens (including phenoxy) is 2. The van der Waals surface area contributed by atoms with Gasteiger partial charge in [-0.2, -0.15) is 8.78 Å². The topological polar surface area (TPSA) is 119 Å². The molecule has 2 aromatic rings. The Morgan fingerprint density at radius 1 is 1.21 bits per heavy atom. The average molecular weight is 503 g/mol. The number of thiophene rings is 1. The highest BCUT2D eigenvalue weighted by atomic mass is 32.2. The second kappa shape index (κ2) is 9.43. The van der Waals surface area contributed by atoms with Crippen molar-refractivity contribution in [2.45, 2.75) is 26.5 Å². The van der Waals surface area contributed by atoms with E-state index in [2.05, 4.69) is 10.1 Å². The van der Waals surface area contributed by atoms with Crippen molar-refractivity contribution in [3.05, 3.63) is 40.3 Å². The number of halogens is 2. The van der Waals surface area contributed by atoms with Gasteiger partial charge >= 0.3 is 6.61 Å². The molecular weight excluding hydrogens is 482 g/mol. The number of nitrogens with zero attached hydrogens (tertiary/aromatic N) is 1. The Bertz CT molecular complexity index is 1210. The van der Waals surface area contributed by atoms with Crippen LogP contribution in [-0.2, 0) is 14.6 Å². The molecule has 13 heteroatoms. The molecule has 33 heavy (non-hydrogen) atoms. The minimum Gasteiger partial charge on any atom is -0.490 e. The fraction of sp³-hybridized carbons (Fsp3) is 0.350. The molecule has 1 aliphatic heterocycles. The van der Waals surface area contributed by atoms with E-state index in [1.807, 2.05) is 0 Å². The van der Waals surface area contributed by atoms with Gasteiger partial charge in [0.25, 0.3) is 11.8 Å². The van der Waals surface area contributed by atoms with Gasteiger partial charge in [-0.1, -0.05) is 6.07 Å². The van der Waals surface area contributed by atoms with Crippen molar-refractivity contribution in [3.63, 3.8) is 0 Å². The van der Waals surface area contributed by atoms with Crippen molar-refractivity contribution in [1.29, 1.82) is 0 Å². The number of anilines is 1. The molecule has 2 heterocycles. The number of benzene rings is 1. The highest BCUT2D eigenvalue weighted by Crippen LogP contribution is 2.41. The van der Waals surface area contributed by atoms with Crippen LogP contribution >= 0.6 is 11.3 Å². The molecule has 0 bridgehead atoms. The van der Waals surface area contributed by atoms with Crippen molar-refractivity contribution in [3.8, 4) is 11.5 Å². The van der Waals surface area contributed by atoms with Crippen molar-refractivity contribution in [2.75, 3.05) is 23.9 Å². The molecular formula is C20H20F2N2O7S2. The Labute approximate surface area is 192 Å². The third-order valence-corrected chi connectivity index (χ3v) is 6.42. The van der Waals surface area contributed by atoms with Crippen LogP contribution in [0.1, 0.15) is 46.2 Å². The van der Waals surface area contributed by atoms with E-state index in [0.29, 0.717) is 0 Å². The Morgan fingerprint density at radius 2 is 1.91 bits per heavy atom. The first kappa shape index (κ1) is 24.6. The molecule has 178 valence electrons. The lowest BCUT2D eigenvalue weighted by molar-refractivity contribution is -0.114. The minimum atomic E-state index is -3.71. The van der Waals surface area contributed by atoms with Crippen LogP contribution in [0.25, 0.3) is 0 Å². The first-order valence-electron chi connectivity index (χ1n) is 9.59. The van der Waals surface area contributed by atoms with Gasteiger partial charge in [0.1, 0.15) is 14.8 Å². The largest absolute Gasteiger partial charge is 0.490 e. The van der Waals surface area contributed by atoms with Gasteiger partial charge in [0.2, 0.25) is 5.91 Å². The summed E-state index contributed by atoms with van der Waals surface area (Å²) < 4.78 is 59.6. The SMILES string of the molecule is CCOc1cc([C@H](CS(C)(=O)=O)N2C(=O)c3csc(NC(C)=O)c3C2=O)ccc1OC(F)F. The van der Waals surface area contributed by atoms with E-state index in [4.69, 9.17) is 4.74 Å². The summed E-state index contributed by atoms with van der Waals surface area (Å²) in [5.41, 5.74) is 0.179. The number of nitrogens with one attached hydrogen (secondary N) is 1. The fourth-order valence-corrected chi connectivity index (χ4v) is 5.29. The lowest BCUT2D eigenvalue weighted by atomic mass is 10.1. The Kier molecular flexibility index (Phi) is 7.03. The number of carbonyl (C=O) groups excluding carboxylic acids is 3. The smallest absolute Gasteiger partial charge is 0.387 e. The van der Waals surface area contributed by atoms with E-state index in [1.165, 1.54) is 24.4 Å². The van der Waals surface area contributed by atoms with E-state index in [-0.39, 0.29) is 39.8 Å². The molecule has 1 aromatic carbocycles. The van der Waals surface area contributed by atoms with Crippen LogP contribution in [0, 0.1) is 0 Å². The number of sulfone groups is 1. The molecule has 1 aromatic heterocycles. The quantitative estimate of drug-likeness (QED) is 0.524. The lowest BCUT2D eigenvalue weighted by Gasteiger charge is -2.27. The highest BCUT2D eigenvalue weighted by Gasteiger charge is 2.44. The van der Waals surface area contributed by atoms with E-state index in [9.17, 15) is 31.6 Å². The Balaban J connectivity index is 2.08. The maximum Gasteiger partial charge on any atom is 0.387 e. The van der Waals surface area contributed by atoms with Gasteiger partial charge in [-0.05, 0) is 24.6 Å². The molecule has 0 fully saturated rings. The molecule has 1 aliphatic rings. The molecule has 0 radical (unpaired) electrons. The fourth-order valence-electron chi connectivity index (χ4n) is 3.41. The molecule has 0 unspecified atom stereocenters. The molecule has 0 spiro atoms. The van der Waals surface area contributed by atoms with E-state index >= 15 is 0 Å². The summed E-state index contributed by atoms with van der Waals surface area (Å²) in [6.07, 6.45) is 0.945. The van der Waals surface area contributed by atoms with Gasteiger partial charge in [-0.15, -0.1) is 11.3 Å². The van der Waals surface area contributed by atoms with Crippen molar-refractivity contribution in [2.24, 2.45) is 0 Å². The molecule has 3 rings (SSSR count). The zero-order valence-electron chi connectivity index (χ0n) is 17.8. The monoisotopic (exact) mass is 502 g/mol. The molecule has 1 N–H and O–H groups in total. The standard InChI is InChI=1S/C20H20F2N2O7S2/c1-4-30-15-7-11(5-6-14(15)31-20(21)22)13(9-33(3,28)29)24-18(26)12-8-32-17(23-10(2)25)16(12)19(24)27/h5-8,13,20H,4,9H2,1-3H3,(H,23,25)/t13-/m0/s1. The first-order chi connectivity index (χ1) is 15.4. The van der Waals surface area contributed by atoms with Crippen molar-refractivity contribution >= 4 is 43.9 Å². The number of fused-ring (bicyclic) bond motifs is 1. The molecule has 3 amide bonds. The van der Waals surface area contributed by atoms with Gasteiger partial charge in [-0.25, -0.2) is 8.42 Å². The summed E-state index contributed by atoms with van der Waals surface area (Å²) in [6.45, 7) is -0.165. The summed E-state index contributed by atoms with van der Waals surface area (Å²) in [4.78, 5) is 38.5. The predicted molar refractivity (Wildman–Crippen MR) is 116 cm³/mol. The van der Waals surface area contributed by atoms with Crippen molar-refractivity contribution in [1.82, 2.24) is 4.90 Å². The van der Waals surface area contributed by atoms with Crippen molar-refractivity contribution < 1.29 is 41.1 Å². The van der Waals surface area contributed by atoms with Crippen LogP contribution in [0.5, 0.6) is 11.5 Å². The third-order valence-electron chi connectivity index (χ3n) is 4.60. The summed E-state index contributed by atoms with van der Waals surface area (Å²) in [7, 11) is -3.71. The van der Waals surface area contributed by atoms with Gasteiger partial charge in [0.05, 0.1) is 29.5 Å². The Morgan fingerprint density at radius 3 is 2.48 bits per heavy atom. The van der Waals surface area contributed by atoms with E-state index < -0.39 is 46.0 Å². The molecule has 9 nitrogen and oxygen atoms in total. The summed E-state index contributed by atoms with van der Waals surface area (Å²) in [6, 6.07) is 2.43. The zero-order valence-corrected chi connectivity index (χ0v) is 19.4. The van der Waals surface area contributed by atoms with Crippen LogP contribution in [0.2, 0.25) is 0 Å². The molecule has 0 saturated heterocycles. The molecule has 0 saturated carbocycles. The minimum absolute atomic E-state index is 0.0265. The Hall–Kier alpha value is -3.06. The first-order valence-corrected chi connectivity index (χ1v) is 12.5. The number of hydrogen-bond acceptors (Lipinski definition) is 8. The van der Waals surface area contributed by atoms with Gasteiger partial charge in [0.15, 0.2) is 11.5 Å². The van der Waals surface area contributed by atoms with E-state index in [1.54, 1.807) is 6.92 Å².